The first kappa shape index (κ1) is 17.8. The van der Waals surface area contributed by atoms with Gasteiger partial charge in [-0.05, 0) is 12.0 Å². The van der Waals surface area contributed by atoms with Crippen molar-refractivity contribution >= 4 is 32.5 Å². The summed E-state index contributed by atoms with van der Waals surface area (Å²) in [5.41, 5.74) is 1.01. The van der Waals surface area contributed by atoms with Crippen molar-refractivity contribution in [1.82, 2.24) is 9.29 Å². The van der Waals surface area contributed by atoms with Crippen LogP contribution in [0.25, 0.3) is 0 Å². The number of aryl methyl sites for hydroxylation is 1. The summed E-state index contributed by atoms with van der Waals surface area (Å²) in [4.78, 5) is 17.2. The van der Waals surface area contributed by atoms with Crippen LogP contribution >= 0.6 is 11.3 Å². The molecule has 0 saturated carbocycles. The number of carboxylic acids is 1. The van der Waals surface area contributed by atoms with E-state index in [-0.39, 0.29) is 10.6 Å². The Bertz CT molecular complexity index is 828. The second-order valence-corrected chi connectivity index (χ2v) is 8.85. The minimum absolute atomic E-state index is 0.0947. The van der Waals surface area contributed by atoms with Crippen molar-refractivity contribution < 1.29 is 18.3 Å². The van der Waals surface area contributed by atoms with Crippen molar-refractivity contribution in [2.24, 2.45) is 0 Å². The highest BCUT2D eigenvalue weighted by atomic mass is 32.2. The maximum atomic E-state index is 12.5. The fraction of sp³-hybridized carbons (Fsp3) is 0.375. The molecule has 1 aromatic heterocycles. The lowest BCUT2D eigenvalue weighted by atomic mass is 10.2. The number of carbonyl (C=O) groups is 1. The lowest BCUT2D eigenvalue weighted by molar-refractivity contribution is 0.0702. The summed E-state index contributed by atoms with van der Waals surface area (Å²) in [6, 6.07) is 9.57. The van der Waals surface area contributed by atoms with Crippen LogP contribution < -0.4 is 4.90 Å². The third kappa shape index (κ3) is 4.36. The molecule has 1 fully saturated rings. The zero-order valence-corrected chi connectivity index (χ0v) is 15.2. The van der Waals surface area contributed by atoms with Crippen molar-refractivity contribution in [2.75, 3.05) is 36.8 Å². The molecule has 2 heterocycles. The van der Waals surface area contributed by atoms with Gasteiger partial charge in [-0.25, -0.2) is 18.2 Å². The molecule has 0 bridgehead atoms. The molecule has 0 unspecified atom stereocenters. The van der Waals surface area contributed by atoms with Crippen LogP contribution in [0.3, 0.4) is 0 Å². The molecular weight excluding hydrogens is 362 g/mol. The molecule has 1 N–H and O–H groups in total. The Labute approximate surface area is 150 Å². The number of benzene rings is 1. The number of hydrogen-bond acceptors (Lipinski definition) is 6. The van der Waals surface area contributed by atoms with Crippen LogP contribution in [-0.2, 0) is 16.4 Å². The average molecular weight is 381 g/mol. The highest BCUT2D eigenvalue weighted by Crippen LogP contribution is 2.24. The predicted molar refractivity (Wildman–Crippen MR) is 96.8 cm³/mol. The van der Waals surface area contributed by atoms with Gasteiger partial charge < -0.3 is 10.0 Å². The van der Waals surface area contributed by atoms with Crippen LogP contribution in [0.5, 0.6) is 0 Å². The lowest BCUT2D eigenvalue weighted by Gasteiger charge is -2.33. The van der Waals surface area contributed by atoms with E-state index >= 15 is 0 Å². The number of carboxylic acid groups (broad SMARTS) is 1. The van der Waals surface area contributed by atoms with Gasteiger partial charge in [0.05, 0.1) is 11.9 Å². The predicted octanol–water partition coefficient (Wildman–Crippen LogP) is 1.54. The number of aromatic nitrogens is 1. The molecule has 0 aliphatic carbocycles. The molecule has 1 saturated heterocycles. The van der Waals surface area contributed by atoms with Crippen molar-refractivity contribution in [3.8, 4) is 0 Å². The van der Waals surface area contributed by atoms with Crippen LogP contribution in [-0.4, -0.2) is 60.7 Å². The molecule has 2 aromatic rings. The van der Waals surface area contributed by atoms with Gasteiger partial charge in [0.2, 0.25) is 10.0 Å². The van der Waals surface area contributed by atoms with Crippen molar-refractivity contribution in [3.05, 3.63) is 47.0 Å². The maximum absolute atomic E-state index is 12.5. The van der Waals surface area contributed by atoms with E-state index in [1.165, 1.54) is 10.5 Å². The lowest BCUT2D eigenvalue weighted by Crippen LogP contribution is -2.49. The van der Waals surface area contributed by atoms with Gasteiger partial charge >= 0.3 is 5.97 Å². The molecule has 1 aliphatic heterocycles. The van der Waals surface area contributed by atoms with Crippen LogP contribution in [0.1, 0.15) is 15.2 Å². The van der Waals surface area contributed by atoms with Gasteiger partial charge in [-0.15, -0.1) is 0 Å². The minimum Gasteiger partial charge on any atom is -0.477 e. The highest BCUT2D eigenvalue weighted by Gasteiger charge is 2.28. The second kappa shape index (κ2) is 7.51. The number of thiazole rings is 1. The van der Waals surface area contributed by atoms with Gasteiger partial charge in [-0.1, -0.05) is 41.7 Å². The number of piperazine rings is 1. The number of sulfonamides is 1. The third-order valence-electron chi connectivity index (χ3n) is 4.10. The monoisotopic (exact) mass is 381 g/mol. The molecule has 0 atom stereocenters. The molecule has 1 aromatic carbocycles. The molecule has 1 aliphatic rings. The fourth-order valence-corrected chi connectivity index (χ4v) is 4.97. The summed E-state index contributed by atoms with van der Waals surface area (Å²) < 4.78 is 26.5. The summed E-state index contributed by atoms with van der Waals surface area (Å²) in [6.07, 6.45) is 1.84. The number of rotatable bonds is 6. The first-order valence-corrected chi connectivity index (χ1v) is 10.3. The Hall–Kier alpha value is -1.97. The molecule has 3 rings (SSSR count). The molecule has 9 heteroatoms. The van der Waals surface area contributed by atoms with E-state index in [0.29, 0.717) is 37.7 Å². The van der Waals surface area contributed by atoms with E-state index < -0.39 is 16.0 Å². The van der Waals surface area contributed by atoms with Crippen LogP contribution in [0.4, 0.5) is 5.13 Å². The summed E-state index contributed by atoms with van der Waals surface area (Å²) in [6.45, 7) is 1.80. The Morgan fingerprint density at radius 1 is 1.16 bits per heavy atom. The van der Waals surface area contributed by atoms with Crippen molar-refractivity contribution in [1.29, 1.82) is 0 Å². The van der Waals surface area contributed by atoms with Gasteiger partial charge in [-0.2, -0.15) is 4.31 Å². The topological polar surface area (TPSA) is 90.8 Å². The first-order chi connectivity index (χ1) is 12.0. The highest BCUT2D eigenvalue weighted by molar-refractivity contribution is 7.89. The van der Waals surface area contributed by atoms with Crippen molar-refractivity contribution in [3.63, 3.8) is 0 Å². The molecule has 25 heavy (non-hydrogen) atoms. The molecule has 0 radical (unpaired) electrons. The van der Waals surface area contributed by atoms with E-state index in [2.05, 4.69) is 4.98 Å². The largest absolute Gasteiger partial charge is 0.477 e. The Morgan fingerprint density at radius 3 is 2.44 bits per heavy atom. The zero-order chi connectivity index (χ0) is 17.9. The molecule has 7 nitrogen and oxygen atoms in total. The Kier molecular flexibility index (Phi) is 5.36. The normalized spacial score (nSPS) is 16.1. The van der Waals surface area contributed by atoms with E-state index in [1.807, 2.05) is 35.2 Å². The molecule has 134 valence electrons. The number of aromatic carboxylic acids is 1. The van der Waals surface area contributed by atoms with Crippen molar-refractivity contribution in [2.45, 2.75) is 6.42 Å². The van der Waals surface area contributed by atoms with E-state index in [4.69, 9.17) is 5.11 Å². The third-order valence-corrected chi connectivity index (χ3v) is 7.02. The number of hydrogen-bond donors (Lipinski definition) is 1. The van der Waals surface area contributed by atoms with E-state index in [1.54, 1.807) is 0 Å². The number of nitrogens with zero attached hydrogens (tertiary/aromatic N) is 3. The van der Waals surface area contributed by atoms with E-state index in [0.717, 1.165) is 16.9 Å². The molecule has 0 amide bonds. The Morgan fingerprint density at radius 2 is 1.84 bits per heavy atom. The summed E-state index contributed by atoms with van der Waals surface area (Å²) in [5.74, 6) is -0.900. The second-order valence-electron chi connectivity index (χ2n) is 5.75. The summed E-state index contributed by atoms with van der Waals surface area (Å²) in [5, 5.41) is 9.59. The molecule has 0 spiro atoms. The molecular formula is C16H19N3O4S2. The fourth-order valence-electron chi connectivity index (χ4n) is 2.69. The van der Waals surface area contributed by atoms with Gasteiger partial charge in [-0.3, -0.25) is 0 Å². The van der Waals surface area contributed by atoms with Crippen LogP contribution in [0, 0.1) is 0 Å². The zero-order valence-electron chi connectivity index (χ0n) is 13.5. The maximum Gasteiger partial charge on any atom is 0.347 e. The smallest absolute Gasteiger partial charge is 0.347 e. The van der Waals surface area contributed by atoms with Gasteiger partial charge in [0.25, 0.3) is 0 Å². The average Bonchev–Trinajstić information content (AvgIpc) is 3.12. The minimum atomic E-state index is -3.30. The standard InChI is InChI=1S/C16H19N3O4S2/c20-15(21)14-12-17-16(24-14)18-7-9-19(10-8-18)25(22,23)11-6-13-4-2-1-3-5-13/h1-5,12H,6-11H2,(H,20,21). The quantitative estimate of drug-likeness (QED) is 0.816. The number of anilines is 1. The SMILES string of the molecule is O=C(O)c1cnc(N2CCN(S(=O)(=O)CCc3ccccc3)CC2)s1. The Balaban J connectivity index is 1.56. The summed E-state index contributed by atoms with van der Waals surface area (Å²) in [7, 11) is -3.30. The van der Waals surface area contributed by atoms with Gasteiger partial charge in [0, 0.05) is 26.2 Å². The van der Waals surface area contributed by atoms with Gasteiger partial charge in [0.15, 0.2) is 5.13 Å². The first-order valence-electron chi connectivity index (χ1n) is 7.91. The van der Waals surface area contributed by atoms with Gasteiger partial charge in [0.1, 0.15) is 4.88 Å². The van der Waals surface area contributed by atoms with Crippen LogP contribution in [0.2, 0.25) is 0 Å². The van der Waals surface area contributed by atoms with Crippen LogP contribution in [0.15, 0.2) is 36.5 Å². The summed E-state index contributed by atoms with van der Waals surface area (Å²) >= 11 is 1.11. The van der Waals surface area contributed by atoms with E-state index in [9.17, 15) is 13.2 Å².